The number of hydrogen-bond acceptors (Lipinski definition) is 6. The number of carbonyl (C=O) groups excluding carboxylic acids is 2. The van der Waals surface area contributed by atoms with Gasteiger partial charge in [0.05, 0.1) is 18.0 Å². The standard InChI is InChI=1S/C24H23N3O4S/c1-2-12-30-18-6-8-19(9-7-18)31-24-17(4-3-11-25-24)14-26-23(29)16-5-10-21-20(13-16)27-22(28)15-32-21/h3-11,13H,2,12,14-15H2,1H3,(H,26,29)(H,27,28). The maximum atomic E-state index is 12.7. The van der Waals surface area contributed by atoms with Crippen molar-refractivity contribution in [1.29, 1.82) is 0 Å². The van der Waals surface area contributed by atoms with E-state index >= 15 is 0 Å². The van der Waals surface area contributed by atoms with Crippen LogP contribution >= 0.6 is 11.8 Å². The Bertz CT molecular complexity index is 1120. The number of hydrogen-bond donors (Lipinski definition) is 2. The molecule has 32 heavy (non-hydrogen) atoms. The van der Waals surface area contributed by atoms with Gasteiger partial charge in [0.25, 0.3) is 5.91 Å². The number of nitrogens with one attached hydrogen (secondary N) is 2. The number of amides is 2. The molecule has 1 aliphatic rings. The van der Waals surface area contributed by atoms with Crippen LogP contribution in [0.1, 0.15) is 29.3 Å². The van der Waals surface area contributed by atoms with Crippen molar-refractivity contribution in [2.75, 3.05) is 17.7 Å². The average molecular weight is 450 g/mol. The Morgan fingerprint density at radius 3 is 2.78 bits per heavy atom. The summed E-state index contributed by atoms with van der Waals surface area (Å²) < 4.78 is 11.5. The van der Waals surface area contributed by atoms with Gasteiger partial charge in [0.1, 0.15) is 11.5 Å². The lowest BCUT2D eigenvalue weighted by atomic mass is 10.1. The smallest absolute Gasteiger partial charge is 0.251 e. The molecule has 0 fully saturated rings. The first-order chi connectivity index (χ1) is 15.6. The summed E-state index contributed by atoms with van der Waals surface area (Å²) in [6, 6.07) is 16.3. The van der Waals surface area contributed by atoms with Crippen LogP contribution in [0.2, 0.25) is 0 Å². The minimum absolute atomic E-state index is 0.0674. The molecule has 2 heterocycles. The minimum atomic E-state index is -0.246. The van der Waals surface area contributed by atoms with Crippen molar-refractivity contribution in [2.24, 2.45) is 0 Å². The molecule has 8 heteroatoms. The van der Waals surface area contributed by atoms with Crippen molar-refractivity contribution in [3.63, 3.8) is 0 Å². The number of rotatable bonds is 8. The van der Waals surface area contributed by atoms with Gasteiger partial charge in [0.15, 0.2) is 0 Å². The number of aromatic nitrogens is 1. The summed E-state index contributed by atoms with van der Waals surface area (Å²) in [6.45, 7) is 2.97. The molecule has 7 nitrogen and oxygen atoms in total. The first-order valence-electron chi connectivity index (χ1n) is 10.3. The minimum Gasteiger partial charge on any atom is -0.494 e. The van der Waals surface area contributed by atoms with E-state index in [4.69, 9.17) is 9.47 Å². The lowest BCUT2D eigenvalue weighted by Gasteiger charge is -2.17. The number of benzene rings is 2. The van der Waals surface area contributed by atoms with E-state index in [2.05, 4.69) is 22.5 Å². The summed E-state index contributed by atoms with van der Waals surface area (Å²) in [4.78, 5) is 29.5. The van der Waals surface area contributed by atoms with Gasteiger partial charge >= 0.3 is 0 Å². The third kappa shape index (κ3) is 5.39. The number of carbonyl (C=O) groups is 2. The number of fused-ring (bicyclic) bond motifs is 1. The average Bonchev–Trinajstić information content (AvgIpc) is 2.82. The van der Waals surface area contributed by atoms with Gasteiger partial charge in [-0.2, -0.15) is 0 Å². The van der Waals surface area contributed by atoms with Crippen molar-refractivity contribution >= 4 is 29.3 Å². The Kier molecular flexibility index (Phi) is 6.91. The van der Waals surface area contributed by atoms with E-state index in [0.29, 0.717) is 35.2 Å². The molecule has 0 radical (unpaired) electrons. The van der Waals surface area contributed by atoms with E-state index in [0.717, 1.165) is 22.6 Å². The van der Waals surface area contributed by atoms with E-state index in [-0.39, 0.29) is 18.4 Å². The van der Waals surface area contributed by atoms with Gasteiger partial charge < -0.3 is 20.1 Å². The van der Waals surface area contributed by atoms with E-state index < -0.39 is 0 Å². The number of nitrogens with zero attached hydrogens (tertiary/aromatic N) is 1. The maximum Gasteiger partial charge on any atom is 0.251 e. The molecule has 0 unspecified atom stereocenters. The molecule has 2 aromatic carbocycles. The van der Waals surface area contributed by atoms with Crippen molar-refractivity contribution in [3.8, 4) is 17.4 Å². The Labute approximate surface area is 190 Å². The fourth-order valence-corrected chi connectivity index (χ4v) is 3.88. The number of anilines is 1. The summed E-state index contributed by atoms with van der Waals surface area (Å²) in [5.41, 5.74) is 1.88. The maximum absolute atomic E-state index is 12.7. The Balaban J connectivity index is 1.40. The lowest BCUT2D eigenvalue weighted by molar-refractivity contribution is -0.113. The molecule has 0 bridgehead atoms. The summed E-state index contributed by atoms with van der Waals surface area (Å²) in [7, 11) is 0. The van der Waals surface area contributed by atoms with E-state index in [1.54, 1.807) is 24.4 Å². The Morgan fingerprint density at radius 1 is 1.16 bits per heavy atom. The van der Waals surface area contributed by atoms with Gasteiger partial charge in [-0.05, 0) is 55.0 Å². The van der Waals surface area contributed by atoms with E-state index in [1.807, 2.05) is 36.4 Å². The van der Waals surface area contributed by atoms with Crippen LogP contribution in [0.5, 0.6) is 17.4 Å². The summed E-state index contributed by atoms with van der Waals surface area (Å²) in [6.07, 6.45) is 2.59. The van der Waals surface area contributed by atoms with E-state index in [9.17, 15) is 9.59 Å². The van der Waals surface area contributed by atoms with Gasteiger partial charge in [-0.15, -0.1) is 11.8 Å². The topological polar surface area (TPSA) is 89.6 Å². The van der Waals surface area contributed by atoms with Crippen molar-refractivity contribution in [3.05, 3.63) is 71.9 Å². The predicted octanol–water partition coefficient (Wildman–Crippen LogP) is 4.64. The van der Waals surface area contributed by atoms with Crippen molar-refractivity contribution < 1.29 is 19.1 Å². The number of pyridine rings is 1. The Morgan fingerprint density at radius 2 is 1.97 bits per heavy atom. The first-order valence-corrected chi connectivity index (χ1v) is 11.3. The van der Waals surface area contributed by atoms with Crippen LogP contribution in [0, 0.1) is 0 Å². The zero-order valence-corrected chi connectivity index (χ0v) is 18.4. The SMILES string of the molecule is CCCOc1ccc(Oc2ncccc2CNC(=O)c2ccc3c(c2)NC(=O)CS3)cc1. The van der Waals surface area contributed by atoms with Gasteiger partial charge in [-0.25, -0.2) is 4.98 Å². The molecular weight excluding hydrogens is 426 g/mol. The van der Waals surface area contributed by atoms with Crippen LogP contribution in [-0.4, -0.2) is 29.2 Å². The molecule has 2 N–H and O–H groups in total. The quantitative estimate of drug-likeness (QED) is 0.521. The summed E-state index contributed by atoms with van der Waals surface area (Å²) >= 11 is 1.46. The zero-order chi connectivity index (χ0) is 22.3. The highest BCUT2D eigenvalue weighted by Gasteiger charge is 2.17. The van der Waals surface area contributed by atoms with Gasteiger partial charge in [0, 0.05) is 28.8 Å². The third-order valence-electron chi connectivity index (χ3n) is 4.68. The molecule has 1 aliphatic heterocycles. The fraction of sp³-hybridized carbons (Fsp3) is 0.208. The highest BCUT2D eigenvalue weighted by molar-refractivity contribution is 8.00. The number of thioether (sulfide) groups is 1. The molecule has 2 amide bonds. The second-order valence-electron chi connectivity index (χ2n) is 7.12. The Hall–Kier alpha value is -3.52. The van der Waals surface area contributed by atoms with Crippen LogP contribution in [0.3, 0.4) is 0 Å². The molecule has 4 rings (SSSR count). The van der Waals surface area contributed by atoms with Gasteiger partial charge in [-0.3, -0.25) is 9.59 Å². The molecule has 0 atom stereocenters. The van der Waals surface area contributed by atoms with Gasteiger partial charge in [0.2, 0.25) is 11.8 Å². The first kappa shape index (κ1) is 21.7. The highest BCUT2D eigenvalue weighted by atomic mass is 32.2. The summed E-state index contributed by atoms with van der Waals surface area (Å²) in [5, 5.41) is 5.70. The largest absolute Gasteiger partial charge is 0.494 e. The second kappa shape index (κ2) is 10.2. The molecule has 0 saturated heterocycles. The van der Waals surface area contributed by atoms with Crippen LogP contribution in [0.4, 0.5) is 5.69 Å². The predicted molar refractivity (Wildman–Crippen MR) is 124 cm³/mol. The molecule has 0 spiro atoms. The summed E-state index contributed by atoms with van der Waals surface area (Å²) in [5.74, 6) is 1.91. The fourth-order valence-electron chi connectivity index (χ4n) is 3.09. The lowest BCUT2D eigenvalue weighted by Crippen LogP contribution is -2.24. The van der Waals surface area contributed by atoms with Crippen LogP contribution < -0.4 is 20.1 Å². The molecule has 164 valence electrons. The number of ether oxygens (including phenoxy) is 2. The van der Waals surface area contributed by atoms with Crippen molar-refractivity contribution in [2.45, 2.75) is 24.8 Å². The van der Waals surface area contributed by atoms with Gasteiger partial charge in [-0.1, -0.05) is 13.0 Å². The highest BCUT2D eigenvalue weighted by Crippen LogP contribution is 2.32. The second-order valence-corrected chi connectivity index (χ2v) is 8.14. The molecule has 1 aromatic heterocycles. The molecule has 0 saturated carbocycles. The zero-order valence-electron chi connectivity index (χ0n) is 17.6. The molecule has 3 aromatic rings. The normalized spacial score (nSPS) is 12.5. The van der Waals surface area contributed by atoms with Crippen LogP contribution in [-0.2, 0) is 11.3 Å². The van der Waals surface area contributed by atoms with Crippen LogP contribution in [0.25, 0.3) is 0 Å². The van der Waals surface area contributed by atoms with E-state index in [1.165, 1.54) is 11.8 Å². The molecule has 0 aliphatic carbocycles. The van der Waals surface area contributed by atoms with Crippen molar-refractivity contribution in [1.82, 2.24) is 10.3 Å². The molecular formula is C24H23N3O4S. The third-order valence-corrected chi connectivity index (χ3v) is 5.75. The van der Waals surface area contributed by atoms with Crippen LogP contribution in [0.15, 0.2) is 65.7 Å². The monoisotopic (exact) mass is 449 g/mol.